The second-order valence-corrected chi connectivity index (χ2v) is 7.18. The molecule has 0 aliphatic heterocycles. The molecule has 1 heterocycles. The Morgan fingerprint density at radius 2 is 1.75 bits per heavy atom. The first-order chi connectivity index (χ1) is 11.4. The fourth-order valence-corrected chi connectivity index (χ4v) is 3.57. The summed E-state index contributed by atoms with van der Waals surface area (Å²) in [5, 5.41) is 5.49. The van der Waals surface area contributed by atoms with Gasteiger partial charge < -0.3 is 5.32 Å². The molecule has 24 heavy (non-hydrogen) atoms. The van der Waals surface area contributed by atoms with E-state index >= 15 is 0 Å². The summed E-state index contributed by atoms with van der Waals surface area (Å²) >= 11 is 8.36. The van der Waals surface area contributed by atoms with E-state index in [0.29, 0.717) is 4.90 Å². The Kier molecular flexibility index (Phi) is 5.03. The molecule has 0 radical (unpaired) electrons. The number of nitrogens with one attached hydrogen (secondary N) is 1. The largest absolute Gasteiger partial charge is 0.417 e. The number of anilines is 2. The molecule has 0 aliphatic carbocycles. The maximum atomic E-state index is 12.9. The third kappa shape index (κ3) is 4.23. The summed E-state index contributed by atoms with van der Waals surface area (Å²) in [5.74, 6) is 0. The van der Waals surface area contributed by atoms with E-state index in [1.54, 1.807) is 12.3 Å². The molecule has 0 spiro atoms. The van der Waals surface area contributed by atoms with Gasteiger partial charge in [-0.25, -0.2) is 4.98 Å². The first-order valence-corrected chi connectivity index (χ1v) is 8.80. The number of nitrogens with zero attached hydrogens (tertiary/aromatic N) is 1. The van der Waals surface area contributed by atoms with Gasteiger partial charge in [0.05, 0.1) is 10.6 Å². The standard InChI is InChI=1S/C16H10ClF3N2S2/c17-14-6-5-12(9-13(14)16(18,19)20)24-11-3-1-10(2-4-11)22-15-21-7-8-23-15/h1-9H,(H,21,22). The van der Waals surface area contributed by atoms with Crippen LogP contribution in [0.25, 0.3) is 0 Å². The molecule has 0 amide bonds. The highest BCUT2D eigenvalue weighted by Crippen LogP contribution is 2.38. The van der Waals surface area contributed by atoms with Gasteiger partial charge in [0.25, 0.3) is 0 Å². The van der Waals surface area contributed by atoms with Crippen LogP contribution in [-0.2, 0) is 6.18 Å². The van der Waals surface area contributed by atoms with E-state index in [1.807, 2.05) is 29.6 Å². The Labute approximate surface area is 149 Å². The van der Waals surface area contributed by atoms with Gasteiger partial charge in [0.15, 0.2) is 5.13 Å². The third-order valence-electron chi connectivity index (χ3n) is 3.02. The molecule has 0 unspecified atom stereocenters. The van der Waals surface area contributed by atoms with Crippen molar-refractivity contribution >= 4 is 45.5 Å². The predicted octanol–water partition coefficient (Wildman–Crippen LogP) is 6.71. The highest BCUT2D eigenvalue weighted by Gasteiger charge is 2.33. The lowest BCUT2D eigenvalue weighted by atomic mass is 10.2. The molecule has 8 heteroatoms. The molecule has 2 nitrogen and oxygen atoms in total. The molecule has 0 atom stereocenters. The Bertz CT molecular complexity index is 818. The lowest BCUT2D eigenvalue weighted by Gasteiger charge is -2.11. The molecule has 2 aromatic carbocycles. The zero-order chi connectivity index (χ0) is 17.2. The van der Waals surface area contributed by atoms with Crippen molar-refractivity contribution in [3.8, 4) is 0 Å². The summed E-state index contributed by atoms with van der Waals surface area (Å²) in [4.78, 5) is 5.43. The van der Waals surface area contributed by atoms with Crippen LogP contribution in [0.2, 0.25) is 5.02 Å². The number of rotatable bonds is 4. The topological polar surface area (TPSA) is 24.9 Å². The maximum absolute atomic E-state index is 12.9. The van der Waals surface area contributed by atoms with Gasteiger partial charge in [-0.2, -0.15) is 13.2 Å². The van der Waals surface area contributed by atoms with Gasteiger partial charge in [0, 0.05) is 27.1 Å². The van der Waals surface area contributed by atoms with Crippen molar-refractivity contribution in [3.63, 3.8) is 0 Å². The van der Waals surface area contributed by atoms with Gasteiger partial charge in [-0.15, -0.1) is 11.3 Å². The number of alkyl halides is 3. The average Bonchev–Trinajstić information content (AvgIpc) is 3.03. The third-order valence-corrected chi connectivity index (χ3v) is 5.03. The summed E-state index contributed by atoms with van der Waals surface area (Å²) in [6.45, 7) is 0. The van der Waals surface area contributed by atoms with Crippen molar-refractivity contribution in [2.75, 3.05) is 5.32 Å². The zero-order valence-corrected chi connectivity index (χ0v) is 14.4. The molecule has 0 bridgehead atoms. The Hall–Kier alpha value is -1.70. The van der Waals surface area contributed by atoms with E-state index in [2.05, 4.69) is 10.3 Å². The van der Waals surface area contributed by atoms with Gasteiger partial charge in [-0.1, -0.05) is 23.4 Å². The van der Waals surface area contributed by atoms with Crippen LogP contribution in [0.5, 0.6) is 0 Å². The minimum absolute atomic E-state index is 0.296. The fraction of sp³-hybridized carbons (Fsp3) is 0.0625. The molecule has 0 fully saturated rings. The lowest BCUT2D eigenvalue weighted by molar-refractivity contribution is -0.137. The van der Waals surface area contributed by atoms with Gasteiger partial charge >= 0.3 is 6.18 Å². The van der Waals surface area contributed by atoms with E-state index in [1.165, 1.54) is 29.2 Å². The van der Waals surface area contributed by atoms with Crippen LogP contribution in [0.4, 0.5) is 24.0 Å². The summed E-state index contributed by atoms with van der Waals surface area (Å²) in [6.07, 6.45) is -2.76. The maximum Gasteiger partial charge on any atom is 0.417 e. The monoisotopic (exact) mass is 386 g/mol. The van der Waals surface area contributed by atoms with Crippen molar-refractivity contribution in [3.05, 3.63) is 64.6 Å². The molecule has 0 saturated heterocycles. The van der Waals surface area contributed by atoms with Gasteiger partial charge in [0.2, 0.25) is 0 Å². The predicted molar refractivity (Wildman–Crippen MR) is 92.4 cm³/mol. The van der Waals surface area contributed by atoms with Crippen molar-refractivity contribution < 1.29 is 13.2 Å². The van der Waals surface area contributed by atoms with Crippen LogP contribution >= 0.6 is 34.7 Å². The van der Waals surface area contributed by atoms with Crippen LogP contribution in [-0.4, -0.2) is 4.98 Å². The lowest BCUT2D eigenvalue weighted by Crippen LogP contribution is -2.05. The number of hydrogen-bond acceptors (Lipinski definition) is 4. The SMILES string of the molecule is FC(F)(F)c1cc(Sc2ccc(Nc3nccs3)cc2)ccc1Cl. The van der Waals surface area contributed by atoms with Crippen LogP contribution in [0.3, 0.4) is 0 Å². The molecule has 1 N–H and O–H groups in total. The molecule has 124 valence electrons. The minimum Gasteiger partial charge on any atom is -0.332 e. The van der Waals surface area contributed by atoms with E-state index in [0.717, 1.165) is 21.8 Å². The first-order valence-electron chi connectivity index (χ1n) is 6.73. The molecule has 3 rings (SSSR count). The molecule has 0 aliphatic rings. The van der Waals surface area contributed by atoms with Crippen molar-refractivity contribution in [2.24, 2.45) is 0 Å². The van der Waals surface area contributed by atoms with Gasteiger partial charge in [0.1, 0.15) is 0 Å². The summed E-state index contributed by atoms with van der Waals surface area (Å²) in [6, 6.07) is 11.3. The van der Waals surface area contributed by atoms with Crippen molar-refractivity contribution in [1.82, 2.24) is 4.98 Å². The molecule has 3 aromatic rings. The Morgan fingerprint density at radius 1 is 1.04 bits per heavy atom. The normalized spacial score (nSPS) is 11.5. The second-order valence-electron chi connectivity index (χ2n) is 4.73. The smallest absolute Gasteiger partial charge is 0.332 e. The van der Waals surface area contributed by atoms with E-state index in [4.69, 9.17) is 11.6 Å². The molecule has 1 aromatic heterocycles. The quantitative estimate of drug-likeness (QED) is 0.539. The van der Waals surface area contributed by atoms with Crippen molar-refractivity contribution in [2.45, 2.75) is 16.0 Å². The highest BCUT2D eigenvalue weighted by atomic mass is 35.5. The van der Waals surface area contributed by atoms with E-state index in [9.17, 15) is 13.2 Å². The minimum atomic E-state index is -4.46. The van der Waals surface area contributed by atoms with Crippen LogP contribution in [0.1, 0.15) is 5.56 Å². The first kappa shape index (κ1) is 17.1. The van der Waals surface area contributed by atoms with E-state index < -0.39 is 11.7 Å². The van der Waals surface area contributed by atoms with Crippen LogP contribution in [0.15, 0.2) is 63.8 Å². The van der Waals surface area contributed by atoms with Gasteiger partial charge in [-0.3, -0.25) is 0 Å². The number of aromatic nitrogens is 1. The Balaban J connectivity index is 1.74. The van der Waals surface area contributed by atoms with E-state index in [-0.39, 0.29) is 5.02 Å². The van der Waals surface area contributed by atoms with Crippen molar-refractivity contribution in [1.29, 1.82) is 0 Å². The fourth-order valence-electron chi connectivity index (χ4n) is 1.94. The van der Waals surface area contributed by atoms with Crippen LogP contribution in [0, 0.1) is 0 Å². The highest BCUT2D eigenvalue weighted by molar-refractivity contribution is 7.99. The number of benzene rings is 2. The summed E-state index contributed by atoms with van der Waals surface area (Å²) < 4.78 is 38.7. The average molecular weight is 387 g/mol. The number of halogens is 4. The summed E-state index contributed by atoms with van der Waals surface area (Å²) in [5.41, 5.74) is 0.0395. The summed E-state index contributed by atoms with van der Waals surface area (Å²) in [7, 11) is 0. The number of thiazole rings is 1. The van der Waals surface area contributed by atoms with Gasteiger partial charge in [-0.05, 0) is 42.5 Å². The zero-order valence-electron chi connectivity index (χ0n) is 12.0. The van der Waals surface area contributed by atoms with Crippen LogP contribution < -0.4 is 5.32 Å². The molecular weight excluding hydrogens is 377 g/mol. The molecule has 0 saturated carbocycles. The second kappa shape index (κ2) is 7.04. The number of hydrogen-bond donors (Lipinski definition) is 1. The molecular formula is C16H10ClF3N2S2. The Morgan fingerprint density at radius 3 is 2.38 bits per heavy atom.